The predicted molar refractivity (Wildman–Crippen MR) is 207 cm³/mol. The van der Waals surface area contributed by atoms with E-state index in [4.69, 9.17) is 0 Å². The zero-order chi connectivity index (χ0) is 36.6. The van der Waals surface area contributed by atoms with Crippen LogP contribution in [-0.4, -0.2) is 40.4 Å². The van der Waals surface area contributed by atoms with Crippen molar-refractivity contribution in [2.24, 2.45) is 56.7 Å². The van der Waals surface area contributed by atoms with E-state index in [9.17, 15) is 14.7 Å². The number of ketones is 1. The molecule has 6 rings (SSSR count). The third-order valence-electron chi connectivity index (χ3n) is 16.8. The number of benzene rings is 1. The molecule has 4 fully saturated rings. The number of carbonyl (C=O) groups is 2. The number of Topliss-reactive ketones (excluding diaryl/α,β-unsaturated/α-hetero) is 1. The summed E-state index contributed by atoms with van der Waals surface area (Å²) in [5.74, 6) is 2.40. The van der Waals surface area contributed by atoms with Crippen LogP contribution in [0.15, 0.2) is 42.5 Å². The summed E-state index contributed by atoms with van der Waals surface area (Å²) in [4.78, 5) is 28.8. The Morgan fingerprint density at radius 2 is 1.52 bits per heavy atom. The second-order valence-electron chi connectivity index (χ2n) is 19.7. The van der Waals surface area contributed by atoms with Gasteiger partial charge in [0.05, 0.1) is 5.56 Å². The Morgan fingerprint density at radius 3 is 2.12 bits per heavy atom. The van der Waals surface area contributed by atoms with Crippen LogP contribution in [0.2, 0.25) is 0 Å². The van der Waals surface area contributed by atoms with Gasteiger partial charge in [-0.05, 0) is 180 Å². The summed E-state index contributed by atoms with van der Waals surface area (Å²) in [7, 11) is 0. The molecule has 0 amide bonds. The number of fused-ring (bicyclic) bond motifs is 7. The van der Waals surface area contributed by atoms with Gasteiger partial charge in [0, 0.05) is 23.9 Å². The van der Waals surface area contributed by atoms with Crippen molar-refractivity contribution in [2.45, 2.75) is 152 Å². The SMILES string of the molecule is C=C(C)[C@@H]1CC[C@]2(C(=O)CCCN(C(C)C)C(C)C)CC[C@]3(C)[C@H](CC[C@@H]4[C@@]5(C)CC=C(c6ccc(C(=O)O)cc6)C(C)(C)[C@@H]5CC[C@]43C)[C@@H]12. The van der Waals surface area contributed by atoms with Crippen LogP contribution in [0.4, 0.5) is 0 Å². The summed E-state index contributed by atoms with van der Waals surface area (Å²) in [5, 5.41) is 9.50. The largest absolute Gasteiger partial charge is 0.478 e. The van der Waals surface area contributed by atoms with E-state index in [2.05, 4.69) is 86.8 Å². The quantitative estimate of drug-likeness (QED) is 0.249. The summed E-state index contributed by atoms with van der Waals surface area (Å²) < 4.78 is 0. The molecule has 0 spiro atoms. The lowest BCUT2D eigenvalue weighted by Gasteiger charge is -2.72. The summed E-state index contributed by atoms with van der Waals surface area (Å²) in [6.45, 7) is 29.9. The number of aromatic carboxylic acids is 1. The molecule has 0 saturated heterocycles. The maximum absolute atomic E-state index is 14.7. The average molecular weight is 684 g/mol. The van der Waals surface area contributed by atoms with Crippen molar-refractivity contribution in [3.63, 3.8) is 0 Å². The molecule has 1 N–H and O–H groups in total. The van der Waals surface area contributed by atoms with Crippen LogP contribution in [0.25, 0.3) is 5.57 Å². The van der Waals surface area contributed by atoms with Crippen LogP contribution in [0.5, 0.6) is 0 Å². The van der Waals surface area contributed by atoms with Crippen LogP contribution < -0.4 is 0 Å². The first kappa shape index (κ1) is 37.6. The zero-order valence-corrected chi connectivity index (χ0v) is 33.3. The predicted octanol–water partition coefficient (Wildman–Crippen LogP) is 11.5. The van der Waals surface area contributed by atoms with E-state index < -0.39 is 5.97 Å². The molecule has 0 aromatic heterocycles. The number of carboxylic acids is 1. The fourth-order valence-corrected chi connectivity index (χ4v) is 14.3. The zero-order valence-electron chi connectivity index (χ0n) is 33.3. The molecule has 0 heterocycles. The topological polar surface area (TPSA) is 57.6 Å². The van der Waals surface area contributed by atoms with E-state index in [1.165, 1.54) is 48.8 Å². The molecule has 0 radical (unpaired) electrons. The van der Waals surface area contributed by atoms with Crippen LogP contribution in [0, 0.1) is 56.7 Å². The first-order chi connectivity index (χ1) is 23.3. The van der Waals surface area contributed by atoms with Crippen LogP contribution in [0.3, 0.4) is 0 Å². The van der Waals surface area contributed by atoms with Gasteiger partial charge in [-0.15, -0.1) is 0 Å². The molecule has 5 aliphatic carbocycles. The first-order valence-electron chi connectivity index (χ1n) is 20.3. The number of carbonyl (C=O) groups excluding carboxylic acids is 1. The van der Waals surface area contributed by atoms with Gasteiger partial charge >= 0.3 is 5.97 Å². The van der Waals surface area contributed by atoms with Crippen LogP contribution in [-0.2, 0) is 4.79 Å². The van der Waals surface area contributed by atoms with Gasteiger partial charge in [0.1, 0.15) is 5.78 Å². The normalized spacial score (nSPS) is 39.0. The maximum Gasteiger partial charge on any atom is 0.335 e. The Hall–Kier alpha value is -2.20. The number of rotatable bonds is 10. The van der Waals surface area contributed by atoms with Crippen molar-refractivity contribution in [2.75, 3.05) is 6.54 Å². The number of allylic oxidation sites excluding steroid dienone is 3. The fraction of sp³-hybridized carbons (Fsp3) is 0.739. The van der Waals surface area contributed by atoms with Gasteiger partial charge in [-0.2, -0.15) is 0 Å². The van der Waals surface area contributed by atoms with Crippen molar-refractivity contribution in [3.8, 4) is 0 Å². The first-order valence-corrected chi connectivity index (χ1v) is 20.3. The van der Waals surface area contributed by atoms with E-state index in [0.717, 1.165) is 45.1 Å². The third-order valence-corrected chi connectivity index (χ3v) is 16.8. The Bertz CT molecular complexity index is 1510. The molecule has 276 valence electrons. The Morgan fingerprint density at radius 1 is 0.860 bits per heavy atom. The number of carboxylic acid groups (broad SMARTS) is 1. The molecule has 0 bridgehead atoms. The van der Waals surface area contributed by atoms with Gasteiger partial charge < -0.3 is 5.11 Å². The Kier molecular flexibility index (Phi) is 9.79. The maximum atomic E-state index is 14.7. The fourth-order valence-electron chi connectivity index (χ4n) is 14.3. The minimum atomic E-state index is -0.868. The van der Waals surface area contributed by atoms with Gasteiger partial charge in [-0.25, -0.2) is 4.79 Å². The Balaban J connectivity index is 1.29. The monoisotopic (exact) mass is 684 g/mol. The summed E-state index contributed by atoms with van der Waals surface area (Å²) in [5.41, 5.74) is 4.72. The molecule has 0 unspecified atom stereocenters. The van der Waals surface area contributed by atoms with E-state index in [0.29, 0.717) is 53.0 Å². The lowest BCUT2D eigenvalue weighted by atomic mass is 9.32. The molecule has 4 saturated carbocycles. The molecule has 50 heavy (non-hydrogen) atoms. The highest BCUT2D eigenvalue weighted by Crippen LogP contribution is 2.78. The van der Waals surface area contributed by atoms with E-state index in [1.54, 1.807) is 12.1 Å². The van der Waals surface area contributed by atoms with Crippen molar-refractivity contribution >= 4 is 17.3 Å². The van der Waals surface area contributed by atoms with Gasteiger partial charge in [0.25, 0.3) is 0 Å². The highest BCUT2D eigenvalue weighted by atomic mass is 16.4. The minimum absolute atomic E-state index is 0.00216. The standard InChI is InChI=1S/C46H69NO3/c1-29(2)34-20-25-46(39(48)13-12-28-47(30(3)4)31(5)6)27-26-44(10)36(40(34)46)18-19-38-43(9)23-21-35(32-14-16-33(17-15-32)41(49)50)42(7,8)37(43)22-24-45(38,44)11/h14-17,21,30-31,34,36-38,40H,1,12-13,18-20,22-28H2,2-11H3,(H,49,50)/t34-,36+,37-,38+,40+,43-,44+,45+,46+/m0/s1. The number of hydrogen-bond donors (Lipinski definition) is 1. The highest BCUT2D eigenvalue weighted by molar-refractivity contribution is 5.88. The lowest BCUT2D eigenvalue weighted by molar-refractivity contribution is -0.224. The molecular weight excluding hydrogens is 615 g/mol. The van der Waals surface area contributed by atoms with Crippen LogP contribution in [0.1, 0.15) is 156 Å². The summed E-state index contributed by atoms with van der Waals surface area (Å²) >= 11 is 0. The third kappa shape index (κ3) is 5.54. The van der Waals surface area contributed by atoms with Crippen molar-refractivity contribution < 1.29 is 14.7 Å². The highest BCUT2D eigenvalue weighted by Gasteiger charge is 2.71. The summed E-state index contributed by atoms with van der Waals surface area (Å²) in [6.07, 6.45) is 14.7. The molecule has 1 aromatic carbocycles. The molecule has 4 heteroatoms. The van der Waals surface area contributed by atoms with Gasteiger partial charge in [-0.1, -0.05) is 65.0 Å². The molecule has 5 aliphatic rings. The van der Waals surface area contributed by atoms with E-state index in [1.807, 2.05) is 12.1 Å². The molecule has 1 aromatic rings. The lowest BCUT2D eigenvalue weighted by Crippen LogP contribution is -2.65. The van der Waals surface area contributed by atoms with Crippen molar-refractivity contribution in [3.05, 3.63) is 53.6 Å². The molecule has 9 atom stereocenters. The average Bonchev–Trinajstić information content (AvgIpc) is 3.44. The van der Waals surface area contributed by atoms with Crippen molar-refractivity contribution in [1.29, 1.82) is 0 Å². The van der Waals surface area contributed by atoms with E-state index >= 15 is 0 Å². The minimum Gasteiger partial charge on any atom is -0.478 e. The number of nitrogens with zero attached hydrogens (tertiary/aromatic N) is 1. The second-order valence-corrected chi connectivity index (χ2v) is 19.7. The molecule has 0 aliphatic heterocycles. The van der Waals surface area contributed by atoms with Gasteiger partial charge in [0.15, 0.2) is 0 Å². The van der Waals surface area contributed by atoms with Crippen molar-refractivity contribution in [1.82, 2.24) is 4.90 Å². The summed E-state index contributed by atoms with van der Waals surface area (Å²) in [6, 6.07) is 8.59. The smallest absolute Gasteiger partial charge is 0.335 e. The molecular formula is C46H69NO3. The number of hydrogen-bond acceptors (Lipinski definition) is 3. The van der Waals surface area contributed by atoms with Crippen LogP contribution >= 0.6 is 0 Å². The van der Waals surface area contributed by atoms with Gasteiger partial charge in [-0.3, -0.25) is 9.69 Å². The van der Waals surface area contributed by atoms with E-state index in [-0.39, 0.29) is 27.1 Å². The second kappa shape index (κ2) is 13.0. The van der Waals surface area contributed by atoms with Gasteiger partial charge in [0.2, 0.25) is 0 Å². The Labute approximate surface area is 304 Å². The molecule has 4 nitrogen and oxygen atoms in total.